The van der Waals surface area contributed by atoms with E-state index in [9.17, 15) is 14.4 Å². The van der Waals surface area contributed by atoms with Gasteiger partial charge in [0.1, 0.15) is 11.6 Å². The smallest absolute Gasteiger partial charge is 0.408 e. The maximum atomic E-state index is 12.2. The summed E-state index contributed by atoms with van der Waals surface area (Å²) in [6.07, 6.45) is 1.78. The van der Waals surface area contributed by atoms with Crippen molar-refractivity contribution in [1.29, 1.82) is 0 Å². The number of aliphatic carboxylic acids is 1. The number of nitrogens with one attached hydrogen (secondary N) is 2. The lowest BCUT2D eigenvalue weighted by molar-refractivity contribution is -0.143. The summed E-state index contributed by atoms with van der Waals surface area (Å²) in [6.45, 7) is 8.78. The lowest BCUT2D eigenvalue weighted by atomic mass is 9.74. The van der Waals surface area contributed by atoms with Crippen molar-refractivity contribution >= 4 is 18.0 Å². The Morgan fingerprint density at radius 2 is 1.78 bits per heavy atom. The normalized spacial score (nSPS) is 17.8. The molecule has 2 amide bonds. The highest BCUT2D eigenvalue weighted by atomic mass is 16.6. The Kier molecular flexibility index (Phi) is 6.02. The number of carboxylic acid groups (broad SMARTS) is 1. The predicted molar refractivity (Wildman–Crippen MR) is 85.0 cm³/mol. The highest BCUT2D eigenvalue weighted by Gasteiger charge is 2.42. The molecule has 0 aromatic rings. The third-order valence-corrected chi connectivity index (χ3v) is 3.82. The molecule has 0 heterocycles. The molecule has 0 bridgehead atoms. The quantitative estimate of drug-likeness (QED) is 0.692. The van der Waals surface area contributed by atoms with Crippen LogP contribution in [0.3, 0.4) is 0 Å². The van der Waals surface area contributed by atoms with Gasteiger partial charge in [-0.25, -0.2) is 9.59 Å². The van der Waals surface area contributed by atoms with Gasteiger partial charge in [0, 0.05) is 6.42 Å². The Bertz CT molecular complexity index is 464. The molecular formula is C16H28N2O5. The Labute approximate surface area is 137 Å². The molecule has 0 spiro atoms. The topological polar surface area (TPSA) is 105 Å². The number of carboxylic acids is 1. The number of ether oxygens (including phenoxy) is 1. The van der Waals surface area contributed by atoms with E-state index >= 15 is 0 Å². The Balaban J connectivity index is 2.62. The lowest BCUT2D eigenvalue weighted by Crippen LogP contribution is -2.57. The molecule has 0 unspecified atom stereocenters. The number of rotatable bonds is 6. The van der Waals surface area contributed by atoms with Crippen LogP contribution in [0.4, 0.5) is 4.79 Å². The Hall–Kier alpha value is -1.79. The standard InChI is InChI=1S/C16H28N2O5/c1-10(2)12(13(20)21)17-11(19)9-16(7-6-8-16)18-14(22)23-15(3,4)5/h10,12H,6-9H2,1-5H3,(H,17,19)(H,18,22)(H,20,21)/t12-/m0/s1. The highest BCUT2D eigenvalue weighted by Crippen LogP contribution is 2.35. The third kappa shape index (κ3) is 6.08. The van der Waals surface area contributed by atoms with Gasteiger partial charge in [0.15, 0.2) is 0 Å². The van der Waals surface area contributed by atoms with Gasteiger partial charge in [-0.2, -0.15) is 0 Å². The fraction of sp³-hybridized carbons (Fsp3) is 0.812. The van der Waals surface area contributed by atoms with E-state index in [1.54, 1.807) is 34.6 Å². The maximum absolute atomic E-state index is 12.2. The van der Waals surface area contributed by atoms with Crippen molar-refractivity contribution in [1.82, 2.24) is 10.6 Å². The first kappa shape index (κ1) is 19.3. The molecule has 0 saturated heterocycles. The van der Waals surface area contributed by atoms with Gasteiger partial charge in [-0.1, -0.05) is 13.8 Å². The van der Waals surface area contributed by atoms with E-state index in [1.165, 1.54) is 0 Å². The van der Waals surface area contributed by atoms with E-state index in [-0.39, 0.29) is 18.2 Å². The molecule has 7 nitrogen and oxygen atoms in total. The monoisotopic (exact) mass is 328 g/mol. The fourth-order valence-electron chi connectivity index (χ4n) is 2.52. The Morgan fingerprint density at radius 1 is 1.22 bits per heavy atom. The van der Waals surface area contributed by atoms with Gasteiger partial charge in [0.2, 0.25) is 5.91 Å². The van der Waals surface area contributed by atoms with Crippen molar-refractivity contribution in [2.24, 2.45) is 5.92 Å². The van der Waals surface area contributed by atoms with Gasteiger partial charge in [-0.15, -0.1) is 0 Å². The third-order valence-electron chi connectivity index (χ3n) is 3.82. The van der Waals surface area contributed by atoms with Crippen LogP contribution in [-0.2, 0) is 14.3 Å². The second-order valence-electron chi connectivity index (χ2n) is 7.56. The number of carbonyl (C=O) groups is 3. The molecule has 0 aliphatic heterocycles. The van der Waals surface area contributed by atoms with E-state index in [0.717, 1.165) is 6.42 Å². The molecule has 1 atom stereocenters. The van der Waals surface area contributed by atoms with Crippen LogP contribution >= 0.6 is 0 Å². The zero-order valence-electron chi connectivity index (χ0n) is 14.6. The molecular weight excluding hydrogens is 300 g/mol. The summed E-state index contributed by atoms with van der Waals surface area (Å²) in [5.74, 6) is -1.65. The average molecular weight is 328 g/mol. The number of carbonyl (C=O) groups excluding carboxylic acids is 2. The van der Waals surface area contributed by atoms with Gasteiger partial charge < -0.3 is 20.5 Å². The summed E-state index contributed by atoms with van der Waals surface area (Å²) in [4.78, 5) is 35.3. The van der Waals surface area contributed by atoms with Crippen molar-refractivity contribution in [2.75, 3.05) is 0 Å². The molecule has 132 valence electrons. The van der Waals surface area contributed by atoms with Crippen LogP contribution in [0.15, 0.2) is 0 Å². The van der Waals surface area contributed by atoms with Crippen LogP contribution in [0, 0.1) is 5.92 Å². The molecule has 1 saturated carbocycles. The van der Waals surface area contributed by atoms with Gasteiger partial charge in [-0.05, 0) is 46.0 Å². The second-order valence-corrected chi connectivity index (χ2v) is 7.56. The van der Waals surface area contributed by atoms with Gasteiger partial charge in [0.25, 0.3) is 0 Å². The van der Waals surface area contributed by atoms with Crippen LogP contribution in [-0.4, -0.2) is 40.3 Å². The molecule has 1 fully saturated rings. The molecule has 1 aliphatic rings. The average Bonchev–Trinajstić information content (AvgIpc) is 2.29. The van der Waals surface area contributed by atoms with E-state index in [4.69, 9.17) is 9.84 Å². The van der Waals surface area contributed by atoms with E-state index in [0.29, 0.717) is 12.8 Å². The van der Waals surface area contributed by atoms with Crippen molar-refractivity contribution in [3.8, 4) is 0 Å². The fourth-order valence-corrected chi connectivity index (χ4v) is 2.52. The molecule has 23 heavy (non-hydrogen) atoms. The molecule has 0 aromatic carbocycles. The summed E-state index contributed by atoms with van der Waals surface area (Å²) in [5, 5.41) is 14.4. The molecule has 3 N–H and O–H groups in total. The van der Waals surface area contributed by atoms with Crippen LogP contribution in [0.2, 0.25) is 0 Å². The van der Waals surface area contributed by atoms with Crippen molar-refractivity contribution in [2.45, 2.75) is 77.5 Å². The van der Waals surface area contributed by atoms with Gasteiger partial charge in [0.05, 0.1) is 5.54 Å². The highest BCUT2D eigenvalue weighted by molar-refractivity contribution is 5.85. The number of amides is 2. The molecule has 1 aliphatic carbocycles. The number of hydrogen-bond acceptors (Lipinski definition) is 4. The SMILES string of the molecule is CC(C)[C@H](NC(=O)CC1(NC(=O)OC(C)(C)C)CCC1)C(=O)O. The molecule has 1 rings (SSSR count). The summed E-state index contributed by atoms with van der Waals surface area (Å²) >= 11 is 0. The van der Waals surface area contributed by atoms with E-state index in [2.05, 4.69) is 10.6 Å². The molecule has 0 aromatic heterocycles. The van der Waals surface area contributed by atoms with E-state index in [1.807, 2.05) is 0 Å². The van der Waals surface area contributed by atoms with Crippen molar-refractivity contribution in [3.05, 3.63) is 0 Å². The molecule has 7 heteroatoms. The van der Waals surface area contributed by atoms with Gasteiger partial charge >= 0.3 is 12.1 Å². The van der Waals surface area contributed by atoms with Crippen LogP contribution in [0.5, 0.6) is 0 Å². The Morgan fingerprint density at radius 3 is 2.13 bits per heavy atom. The first-order valence-corrected chi connectivity index (χ1v) is 7.97. The number of hydrogen-bond donors (Lipinski definition) is 3. The predicted octanol–water partition coefficient (Wildman–Crippen LogP) is 2.05. The zero-order chi connectivity index (χ0) is 17.8. The second kappa shape index (κ2) is 7.19. The van der Waals surface area contributed by atoms with Crippen molar-refractivity contribution < 1.29 is 24.2 Å². The van der Waals surface area contributed by atoms with E-state index < -0.39 is 29.2 Å². The first-order valence-electron chi connectivity index (χ1n) is 7.97. The largest absolute Gasteiger partial charge is 0.480 e. The lowest BCUT2D eigenvalue weighted by Gasteiger charge is -2.42. The minimum Gasteiger partial charge on any atom is -0.480 e. The summed E-state index contributed by atoms with van der Waals surface area (Å²) in [6, 6.07) is -0.929. The van der Waals surface area contributed by atoms with Crippen LogP contribution < -0.4 is 10.6 Å². The summed E-state index contributed by atoms with van der Waals surface area (Å²) < 4.78 is 5.23. The minimum atomic E-state index is -1.06. The summed E-state index contributed by atoms with van der Waals surface area (Å²) in [7, 11) is 0. The minimum absolute atomic E-state index is 0.0583. The zero-order valence-corrected chi connectivity index (χ0v) is 14.6. The van der Waals surface area contributed by atoms with Gasteiger partial charge in [-0.3, -0.25) is 4.79 Å². The van der Waals surface area contributed by atoms with Crippen molar-refractivity contribution in [3.63, 3.8) is 0 Å². The first-order chi connectivity index (χ1) is 10.4. The maximum Gasteiger partial charge on any atom is 0.408 e. The van der Waals surface area contributed by atoms with Crippen LogP contribution in [0.25, 0.3) is 0 Å². The summed E-state index contributed by atoms with van der Waals surface area (Å²) in [5.41, 5.74) is -1.24. The van der Waals surface area contributed by atoms with Crippen LogP contribution in [0.1, 0.15) is 60.3 Å². The molecule has 0 radical (unpaired) electrons. The number of alkyl carbamates (subject to hydrolysis) is 1.